The van der Waals surface area contributed by atoms with E-state index in [1.54, 1.807) is 0 Å². The molecule has 0 aliphatic heterocycles. The van der Waals surface area contributed by atoms with E-state index in [0.29, 0.717) is 6.04 Å². The van der Waals surface area contributed by atoms with E-state index in [9.17, 15) is 0 Å². The zero-order valence-corrected chi connectivity index (χ0v) is 14.2. The fourth-order valence-electron chi connectivity index (χ4n) is 3.75. The molecule has 118 valence electrons. The molecule has 0 saturated heterocycles. The summed E-state index contributed by atoms with van der Waals surface area (Å²) in [6.45, 7) is 7.88. The van der Waals surface area contributed by atoms with E-state index in [1.165, 1.54) is 56.1 Å². The topological polar surface area (TPSA) is 12.0 Å². The lowest BCUT2D eigenvalue weighted by Crippen LogP contribution is -2.28. The van der Waals surface area contributed by atoms with Gasteiger partial charge in [-0.05, 0) is 48.8 Å². The Morgan fingerprint density at radius 3 is 2.14 bits per heavy atom. The Morgan fingerprint density at radius 2 is 1.62 bits per heavy atom. The molecule has 1 saturated carbocycles. The third-order valence-corrected chi connectivity index (χ3v) is 4.78. The van der Waals surface area contributed by atoms with E-state index in [2.05, 4.69) is 50.4 Å². The number of nitrogens with one attached hydrogen (secondary N) is 1. The number of hydrogen-bond acceptors (Lipinski definition) is 1. The highest BCUT2D eigenvalue weighted by molar-refractivity contribution is 5.26. The summed E-state index contributed by atoms with van der Waals surface area (Å²) in [5.74, 6) is 1.56. The Hall–Kier alpha value is -0.820. The molecule has 2 rings (SSSR count). The number of hydrogen-bond donors (Lipinski definition) is 1. The highest BCUT2D eigenvalue weighted by atomic mass is 14.9. The molecule has 0 amide bonds. The Bertz CT molecular complexity index is 385. The van der Waals surface area contributed by atoms with Crippen molar-refractivity contribution in [2.45, 2.75) is 71.8 Å². The monoisotopic (exact) mass is 287 g/mol. The predicted octanol–water partition coefficient (Wildman–Crippen LogP) is 5.51. The van der Waals surface area contributed by atoms with Gasteiger partial charge in [0.1, 0.15) is 0 Å². The quantitative estimate of drug-likeness (QED) is 0.681. The van der Waals surface area contributed by atoms with Gasteiger partial charge in [0, 0.05) is 6.04 Å². The molecule has 1 fully saturated rings. The third kappa shape index (κ3) is 5.14. The largest absolute Gasteiger partial charge is 0.310 e. The van der Waals surface area contributed by atoms with Crippen molar-refractivity contribution in [1.29, 1.82) is 0 Å². The van der Waals surface area contributed by atoms with Crippen LogP contribution in [0.5, 0.6) is 0 Å². The first-order valence-corrected chi connectivity index (χ1v) is 9.03. The zero-order chi connectivity index (χ0) is 15.1. The van der Waals surface area contributed by atoms with Crippen LogP contribution in [-0.4, -0.2) is 6.54 Å². The second-order valence-electron chi connectivity index (χ2n) is 7.13. The minimum Gasteiger partial charge on any atom is -0.310 e. The van der Waals surface area contributed by atoms with Crippen LogP contribution in [0.3, 0.4) is 0 Å². The lowest BCUT2D eigenvalue weighted by atomic mass is 9.86. The molecule has 21 heavy (non-hydrogen) atoms. The third-order valence-electron chi connectivity index (χ3n) is 4.78. The van der Waals surface area contributed by atoms with Gasteiger partial charge < -0.3 is 5.32 Å². The van der Waals surface area contributed by atoms with E-state index in [1.807, 2.05) is 0 Å². The van der Waals surface area contributed by atoms with E-state index >= 15 is 0 Å². The first-order valence-electron chi connectivity index (χ1n) is 9.03. The molecule has 0 radical (unpaired) electrons. The minimum atomic E-state index is 0.557. The maximum Gasteiger partial charge on any atom is 0.0348 e. The molecule has 1 N–H and O–H groups in total. The molecular formula is C20H33N. The van der Waals surface area contributed by atoms with E-state index in [0.717, 1.165) is 18.4 Å². The molecule has 1 aromatic carbocycles. The summed E-state index contributed by atoms with van der Waals surface area (Å²) in [7, 11) is 0. The molecule has 1 aliphatic rings. The van der Waals surface area contributed by atoms with Crippen LogP contribution in [0.15, 0.2) is 24.3 Å². The molecule has 1 atom stereocenters. The second kappa shape index (κ2) is 8.58. The van der Waals surface area contributed by atoms with E-state index in [-0.39, 0.29) is 0 Å². The van der Waals surface area contributed by atoms with Crippen LogP contribution in [0, 0.1) is 11.8 Å². The Morgan fingerprint density at radius 1 is 1.00 bits per heavy atom. The molecule has 1 heteroatoms. The van der Waals surface area contributed by atoms with E-state index < -0.39 is 0 Å². The van der Waals surface area contributed by atoms with Crippen molar-refractivity contribution in [2.75, 3.05) is 6.54 Å². The van der Waals surface area contributed by atoms with Gasteiger partial charge in [-0.2, -0.15) is 0 Å². The highest BCUT2D eigenvalue weighted by Gasteiger charge is 2.23. The predicted molar refractivity (Wildman–Crippen MR) is 92.6 cm³/mol. The molecule has 0 aromatic heterocycles. The van der Waals surface area contributed by atoms with Gasteiger partial charge in [0.25, 0.3) is 0 Å². The van der Waals surface area contributed by atoms with Crippen LogP contribution in [0.4, 0.5) is 0 Å². The van der Waals surface area contributed by atoms with Crippen LogP contribution in [0.2, 0.25) is 0 Å². The Labute approximate surface area is 131 Å². The second-order valence-corrected chi connectivity index (χ2v) is 7.13. The smallest absolute Gasteiger partial charge is 0.0348 e. The zero-order valence-electron chi connectivity index (χ0n) is 14.2. The summed E-state index contributed by atoms with van der Waals surface area (Å²) >= 11 is 0. The summed E-state index contributed by atoms with van der Waals surface area (Å²) in [5, 5.41) is 3.76. The maximum atomic E-state index is 3.76. The first-order chi connectivity index (χ1) is 10.2. The molecule has 1 aliphatic carbocycles. The van der Waals surface area contributed by atoms with Gasteiger partial charge in [-0.15, -0.1) is 0 Å². The molecule has 0 spiro atoms. The number of benzene rings is 1. The van der Waals surface area contributed by atoms with Crippen molar-refractivity contribution < 1.29 is 0 Å². The van der Waals surface area contributed by atoms with Gasteiger partial charge in [0.15, 0.2) is 0 Å². The van der Waals surface area contributed by atoms with Crippen molar-refractivity contribution in [2.24, 2.45) is 11.8 Å². The lowest BCUT2D eigenvalue weighted by molar-refractivity contribution is 0.330. The summed E-state index contributed by atoms with van der Waals surface area (Å²) in [4.78, 5) is 0. The van der Waals surface area contributed by atoms with Crippen LogP contribution in [0.1, 0.15) is 76.5 Å². The van der Waals surface area contributed by atoms with Crippen molar-refractivity contribution in [3.63, 3.8) is 0 Å². The fraction of sp³-hybridized carbons (Fsp3) is 0.700. The summed E-state index contributed by atoms with van der Waals surface area (Å²) in [6.07, 6.45) is 9.67. The van der Waals surface area contributed by atoms with Gasteiger partial charge in [-0.3, -0.25) is 0 Å². The van der Waals surface area contributed by atoms with Gasteiger partial charge in [-0.25, -0.2) is 0 Å². The Balaban J connectivity index is 2.09. The Kier molecular flexibility index (Phi) is 6.76. The van der Waals surface area contributed by atoms with Gasteiger partial charge >= 0.3 is 0 Å². The molecule has 0 heterocycles. The molecular weight excluding hydrogens is 254 g/mol. The normalized spacial score (nSPS) is 18.7. The van der Waals surface area contributed by atoms with Gasteiger partial charge in [0.2, 0.25) is 0 Å². The first kappa shape index (κ1) is 16.5. The summed E-state index contributed by atoms with van der Waals surface area (Å²) in [6, 6.07) is 9.99. The molecule has 1 unspecified atom stereocenters. The van der Waals surface area contributed by atoms with Gasteiger partial charge in [0.05, 0.1) is 0 Å². The van der Waals surface area contributed by atoms with Gasteiger partial charge in [-0.1, -0.05) is 70.7 Å². The summed E-state index contributed by atoms with van der Waals surface area (Å²) in [5.41, 5.74) is 2.97. The lowest BCUT2D eigenvalue weighted by Gasteiger charge is -2.27. The molecule has 1 aromatic rings. The van der Waals surface area contributed by atoms with Crippen molar-refractivity contribution in [3.8, 4) is 0 Å². The average Bonchev–Trinajstić information content (AvgIpc) is 2.74. The summed E-state index contributed by atoms with van der Waals surface area (Å²) < 4.78 is 0. The molecule has 1 nitrogen and oxygen atoms in total. The SMILES string of the molecule is CCNC(c1ccc(CC(C)C)cc1)C1CCCCCC1. The van der Waals surface area contributed by atoms with Crippen LogP contribution in [-0.2, 0) is 6.42 Å². The average molecular weight is 287 g/mol. The standard InChI is InChI=1S/C20H33N/c1-4-21-20(18-9-7-5-6-8-10-18)19-13-11-17(12-14-19)15-16(2)3/h11-14,16,18,20-21H,4-10,15H2,1-3H3. The van der Waals surface area contributed by atoms with Crippen molar-refractivity contribution in [3.05, 3.63) is 35.4 Å². The molecule has 0 bridgehead atoms. The van der Waals surface area contributed by atoms with Crippen LogP contribution in [0.25, 0.3) is 0 Å². The minimum absolute atomic E-state index is 0.557. The number of rotatable bonds is 6. The van der Waals surface area contributed by atoms with Crippen LogP contribution < -0.4 is 5.32 Å². The van der Waals surface area contributed by atoms with Crippen LogP contribution >= 0.6 is 0 Å². The van der Waals surface area contributed by atoms with Crippen molar-refractivity contribution in [1.82, 2.24) is 5.32 Å². The fourth-order valence-corrected chi connectivity index (χ4v) is 3.75. The van der Waals surface area contributed by atoms with Crippen molar-refractivity contribution >= 4 is 0 Å². The van der Waals surface area contributed by atoms with E-state index in [4.69, 9.17) is 0 Å². The highest BCUT2D eigenvalue weighted by Crippen LogP contribution is 2.33. The maximum absolute atomic E-state index is 3.76.